The van der Waals surface area contributed by atoms with E-state index in [0.717, 1.165) is 4.90 Å². The molecule has 10 heteroatoms. The van der Waals surface area contributed by atoms with Crippen LogP contribution in [0.1, 0.15) is 15.9 Å². The molecule has 3 N–H and O–H groups in total. The number of ether oxygens (including phenoxy) is 3. The molecule has 0 saturated carbocycles. The first kappa shape index (κ1) is 30.7. The van der Waals surface area contributed by atoms with Crippen molar-refractivity contribution < 1.29 is 28.6 Å². The first-order valence-electron chi connectivity index (χ1n) is 13.2. The summed E-state index contributed by atoms with van der Waals surface area (Å²) in [7, 11) is 4.62. The monoisotopic (exact) mass is 597 g/mol. The Balaban J connectivity index is 1.49. The zero-order valence-corrected chi connectivity index (χ0v) is 24.7. The minimum atomic E-state index is -0.542. The molecule has 0 aliphatic rings. The number of thioether (sulfide) groups is 1. The average molecular weight is 598 g/mol. The third-order valence-electron chi connectivity index (χ3n) is 6.08. The molecule has 43 heavy (non-hydrogen) atoms. The summed E-state index contributed by atoms with van der Waals surface area (Å²) in [6.45, 7) is 0. The number of hydrogen-bond acceptors (Lipinski definition) is 7. The molecule has 0 heterocycles. The lowest BCUT2D eigenvalue weighted by molar-refractivity contribution is -0.114. The summed E-state index contributed by atoms with van der Waals surface area (Å²) in [6, 6.07) is 28.0. The van der Waals surface area contributed by atoms with Crippen LogP contribution in [0, 0.1) is 0 Å². The van der Waals surface area contributed by atoms with Crippen LogP contribution in [0.2, 0.25) is 0 Å². The van der Waals surface area contributed by atoms with E-state index in [-0.39, 0.29) is 17.4 Å². The first-order valence-corrected chi connectivity index (χ1v) is 14.2. The van der Waals surface area contributed by atoms with Crippen molar-refractivity contribution in [2.45, 2.75) is 4.90 Å². The van der Waals surface area contributed by atoms with E-state index in [1.54, 1.807) is 105 Å². The summed E-state index contributed by atoms with van der Waals surface area (Å²) in [4.78, 5) is 39.8. The van der Waals surface area contributed by atoms with E-state index in [4.69, 9.17) is 14.2 Å². The Kier molecular flexibility index (Phi) is 10.8. The Labute approximate surface area is 254 Å². The van der Waals surface area contributed by atoms with Crippen molar-refractivity contribution in [1.82, 2.24) is 5.32 Å². The van der Waals surface area contributed by atoms with Gasteiger partial charge in [0.25, 0.3) is 11.8 Å². The van der Waals surface area contributed by atoms with Crippen LogP contribution in [-0.4, -0.2) is 44.8 Å². The van der Waals surface area contributed by atoms with Gasteiger partial charge in [0.1, 0.15) is 22.9 Å². The van der Waals surface area contributed by atoms with Crippen molar-refractivity contribution in [2.75, 3.05) is 37.7 Å². The van der Waals surface area contributed by atoms with Gasteiger partial charge in [-0.05, 0) is 60.7 Å². The SMILES string of the molecule is COc1cccc(NC(=O)CSc2cccc(NC(=O)/C(=C\c3ccc(OC)cc3OC)NC(=O)c3ccccc3)c2)c1. The number of carbonyl (C=O) groups excluding carboxylic acids is 3. The average Bonchev–Trinajstić information content (AvgIpc) is 3.04. The molecule has 4 rings (SSSR count). The van der Waals surface area contributed by atoms with E-state index in [1.807, 2.05) is 6.07 Å². The fourth-order valence-electron chi connectivity index (χ4n) is 3.94. The summed E-state index contributed by atoms with van der Waals surface area (Å²) in [5, 5.41) is 8.41. The summed E-state index contributed by atoms with van der Waals surface area (Å²) in [5.41, 5.74) is 2.09. The van der Waals surface area contributed by atoms with E-state index in [0.29, 0.717) is 39.8 Å². The molecule has 220 valence electrons. The Morgan fingerprint density at radius 1 is 0.721 bits per heavy atom. The fraction of sp³-hybridized carbons (Fsp3) is 0.121. The number of methoxy groups -OCH3 is 3. The van der Waals surface area contributed by atoms with Crippen LogP contribution in [0.15, 0.2) is 108 Å². The van der Waals surface area contributed by atoms with Gasteiger partial charge < -0.3 is 30.2 Å². The Hall–Kier alpha value is -5.22. The van der Waals surface area contributed by atoms with Gasteiger partial charge in [-0.1, -0.05) is 30.3 Å². The number of nitrogens with one attached hydrogen (secondary N) is 3. The second-order valence-corrected chi connectivity index (χ2v) is 10.1. The molecule has 0 atom stereocenters. The molecule has 0 bridgehead atoms. The van der Waals surface area contributed by atoms with Gasteiger partial charge in [0.15, 0.2) is 0 Å². The quantitative estimate of drug-likeness (QED) is 0.139. The van der Waals surface area contributed by atoms with Gasteiger partial charge in [-0.2, -0.15) is 0 Å². The highest BCUT2D eigenvalue weighted by Crippen LogP contribution is 2.27. The van der Waals surface area contributed by atoms with Crippen molar-refractivity contribution >= 4 is 46.9 Å². The number of amides is 3. The summed E-state index contributed by atoms with van der Waals surface area (Å²) in [6.07, 6.45) is 1.54. The largest absolute Gasteiger partial charge is 0.497 e. The zero-order chi connectivity index (χ0) is 30.6. The van der Waals surface area contributed by atoms with Gasteiger partial charge in [0, 0.05) is 39.5 Å². The summed E-state index contributed by atoms with van der Waals surface area (Å²) < 4.78 is 15.9. The van der Waals surface area contributed by atoms with Gasteiger partial charge in [-0.25, -0.2) is 0 Å². The molecule has 0 aliphatic heterocycles. The molecule has 3 amide bonds. The molecular formula is C33H31N3O6S. The van der Waals surface area contributed by atoms with Crippen LogP contribution in [0.4, 0.5) is 11.4 Å². The maximum Gasteiger partial charge on any atom is 0.272 e. The van der Waals surface area contributed by atoms with Crippen LogP contribution >= 0.6 is 11.8 Å². The van der Waals surface area contributed by atoms with Crippen LogP contribution in [-0.2, 0) is 9.59 Å². The predicted molar refractivity (Wildman–Crippen MR) is 169 cm³/mol. The van der Waals surface area contributed by atoms with Crippen molar-refractivity contribution in [3.8, 4) is 17.2 Å². The first-order chi connectivity index (χ1) is 20.9. The third-order valence-corrected chi connectivity index (χ3v) is 7.08. The maximum absolute atomic E-state index is 13.5. The Morgan fingerprint density at radius 3 is 2.14 bits per heavy atom. The van der Waals surface area contributed by atoms with Crippen molar-refractivity contribution in [3.05, 3.63) is 114 Å². The maximum atomic E-state index is 13.5. The molecule has 0 spiro atoms. The lowest BCUT2D eigenvalue weighted by Gasteiger charge is -2.13. The van der Waals surface area contributed by atoms with Gasteiger partial charge >= 0.3 is 0 Å². The van der Waals surface area contributed by atoms with Gasteiger partial charge in [-0.15, -0.1) is 11.8 Å². The molecule has 0 saturated heterocycles. The zero-order valence-electron chi connectivity index (χ0n) is 23.9. The van der Waals surface area contributed by atoms with Gasteiger partial charge in [0.2, 0.25) is 5.91 Å². The van der Waals surface area contributed by atoms with Crippen LogP contribution < -0.4 is 30.2 Å². The third kappa shape index (κ3) is 8.88. The van der Waals surface area contributed by atoms with E-state index < -0.39 is 11.8 Å². The molecular weight excluding hydrogens is 566 g/mol. The predicted octanol–water partition coefficient (Wildman–Crippen LogP) is 5.85. The number of benzene rings is 4. The lowest BCUT2D eigenvalue weighted by Crippen LogP contribution is -2.30. The van der Waals surface area contributed by atoms with E-state index in [9.17, 15) is 14.4 Å². The highest BCUT2D eigenvalue weighted by Gasteiger charge is 2.17. The van der Waals surface area contributed by atoms with Gasteiger partial charge in [0.05, 0.1) is 27.1 Å². The summed E-state index contributed by atoms with van der Waals surface area (Å²) in [5.74, 6) is 0.678. The Morgan fingerprint density at radius 2 is 1.42 bits per heavy atom. The van der Waals surface area contributed by atoms with Crippen molar-refractivity contribution in [1.29, 1.82) is 0 Å². The smallest absolute Gasteiger partial charge is 0.272 e. The van der Waals surface area contributed by atoms with Gasteiger partial charge in [-0.3, -0.25) is 14.4 Å². The van der Waals surface area contributed by atoms with E-state index in [1.165, 1.54) is 24.9 Å². The number of anilines is 2. The highest BCUT2D eigenvalue weighted by molar-refractivity contribution is 8.00. The normalized spacial score (nSPS) is 10.8. The molecule has 0 radical (unpaired) electrons. The topological polar surface area (TPSA) is 115 Å². The Bertz CT molecular complexity index is 1620. The molecule has 4 aromatic carbocycles. The minimum Gasteiger partial charge on any atom is -0.497 e. The van der Waals surface area contributed by atoms with Crippen LogP contribution in [0.5, 0.6) is 17.2 Å². The highest BCUT2D eigenvalue weighted by atomic mass is 32.2. The fourth-order valence-corrected chi connectivity index (χ4v) is 4.70. The lowest BCUT2D eigenvalue weighted by atomic mass is 10.1. The van der Waals surface area contributed by atoms with Crippen LogP contribution in [0.3, 0.4) is 0 Å². The molecule has 0 aromatic heterocycles. The molecule has 0 fully saturated rings. The number of rotatable bonds is 12. The van der Waals surface area contributed by atoms with E-state index in [2.05, 4.69) is 16.0 Å². The molecule has 0 unspecified atom stereocenters. The van der Waals surface area contributed by atoms with Crippen LogP contribution in [0.25, 0.3) is 6.08 Å². The number of hydrogen-bond donors (Lipinski definition) is 3. The van der Waals surface area contributed by atoms with Crippen molar-refractivity contribution in [2.24, 2.45) is 0 Å². The second kappa shape index (κ2) is 15.1. The minimum absolute atomic E-state index is 0.00745. The van der Waals surface area contributed by atoms with Crippen molar-refractivity contribution in [3.63, 3.8) is 0 Å². The second-order valence-electron chi connectivity index (χ2n) is 9.04. The molecule has 9 nitrogen and oxygen atoms in total. The summed E-state index contributed by atoms with van der Waals surface area (Å²) >= 11 is 1.32. The van der Waals surface area contributed by atoms with E-state index >= 15 is 0 Å². The number of carbonyl (C=O) groups is 3. The standard InChI is InChI=1S/C33H31N3O6S/c1-40-26-13-7-11-24(18-26)34-31(37)21-43-28-14-8-12-25(19-28)35-33(39)29(36-32(38)22-9-5-4-6-10-22)17-23-15-16-27(41-2)20-30(23)42-3/h4-20H,21H2,1-3H3,(H,34,37)(H,35,39)(H,36,38)/b29-17+. The molecule has 0 aliphatic carbocycles. The molecule has 4 aromatic rings.